The molecule has 318 valence electrons. The molecule has 6 amide bonds. The number of carbonyl (C=O) groups is 4. The Morgan fingerprint density at radius 2 is 1.19 bits per heavy atom. The minimum absolute atomic E-state index is 0.0428. The van der Waals surface area contributed by atoms with Gasteiger partial charge >= 0.3 is 24.4 Å². The number of rotatable bonds is 13. The van der Waals surface area contributed by atoms with Crippen LogP contribution in [0.5, 0.6) is 0 Å². The van der Waals surface area contributed by atoms with Gasteiger partial charge in [0.2, 0.25) is 31.9 Å². The zero-order chi connectivity index (χ0) is 42.2. The monoisotopic (exact) mass is 864 g/mol. The number of carbonyl (C=O) groups excluding carboxylic acids is 4. The molecule has 6 N–H and O–H groups in total. The average molecular weight is 865 g/mol. The lowest BCUT2D eigenvalue weighted by Crippen LogP contribution is -2.43. The maximum absolute atomic E-state index is 13.2. The number of halogens is 6. The summed E-state index contributed by atoms with van der Waals surface area (Å²) < 4.78 is 129. The predicted octanol–water partition coefficient (Wildman–Crippen LogP) is 4.15. The first kappa shape index (κ1) is 43.0. The summed E-state index contributed by atoms with van der Waals surface area (Å²) in [7, 11) is -8.95. The molecule has 2 unspecified atom stereocenters. The molecule has 0 aliphatic heterocycles. The van der Waals surface area contributed by atoms with Crippen LogP contribution in [0.1, 0.15) is 82.5 Å². The summed E-state index contributed by atoms with van der Waals surface area (Å²) in [4.78, 5) is 49.9. The van der Waals surface area contributed by atoms with Gasteiger partial charge in [0, 0.05) is 17.8 Å². The van der Waals surface area contributed by atoms with E-state index in [1.54, 1.807) is 10.0 Å². The Hall–Kier alpha value is -4.60. The van der Waals surface area contributed by atoms with E-state index < -0.39 is 87.3 Å². The number of aryl methyl sites for hydroxylation is 3. The number of fused-ring (bicyclic) bond motifs is 4. The molecule has 0 saturated heterocycles. The standard InChI is InChI=1S/C36H42F6N6O8S2/c37-35(38,39)17-43-28(49)8-3-11-57(53,54)47-33(51)45-31-25-6-1-5-20(25)13-22-14-23(15-27(22)31)24-10-9-21-12-19-4-2-7-26(19)32(30(21)24)46-34(52)48-58(55,56)16-29(50)44-18-36(40,41)42/h12-13,23-24H,1-11,14-18H2,(H,43,49)(H,44,50)(H2,45,47,51)(H2,46,48,52). The minimum atomic E-state index is -4.76. The fourth-order valence-corrected chi connectivity index (χ4v) is 10.4. The number of hydrogen-bond acceptors (Lipinski definition) is 8. The molecule has 4 aliphatic rings. The van der Waals surface area contributed by atoms with Crippen molar-refractivity contribution in [1.29, 1.82) is 0 Å². The lowest BCUT2D eigenvalue weighted by Gasteiger charge is -2.24. The number of amides is 6. The molecule has 58 heavy (non-hydrogen) atoms. The summed E-state index contributed by atoms with van der Waals surface area (Å²) in [5.41, 5.74) is 8.32. The van der Waals surface area contributed by atoms with Crippen LogP contribution in [-0.4, -0.2) is 77.7 Å². The Bertz CT molecular complexity index is 2230. The largest absolute Gasteiger partial charge is 0.405 e. The van der Waals surface area contributed by atoms with Gasteiger partial charge in [0.05, 0.1) is 5.75 Å². The molecule has 0 spiro atoms. The molecule has 2 aromatic carbocycles. The van der Waals surface area contributed by atoms with E-state index in [1.165, 1.54) is 5.32 Å². The second kappa shape index (κ2) is 16.6. The zero-order valence-corrected chi connectivity index (χ0v) is 32.6. The summed E-state index contributed by atoms with van der Waals surface area (Å²) >= 11 is 0. The number of sulfonamides is 2. The van der Waals surface area contributed by atoms with E-state index in [1.807, 2.05) is 4.72 Å². The molecule has 0 radical (unpaired) electrons. The lowest BCUT2D eigenvalue weighted by atomic mass is 9.83. The van der Waals surface area contributed by atoms with Crippen molar-refractivity contribution < 1.29 is 62.4 Å². The van der Waals surface area contributed by atoms with Crippen LogP contribution in [0.15, 0.2) is 12.1 Å². The minimum Gasteiger partial charge on any atom is -0.347 e. The van der Waals surface area contributed by atoms with Gasteiger partial charge in [-0.05, 0) is 127 Å². The van der Waals surface area contributed by atoms with E-state index in [2.05, 4.69) is 22.8 Å². The van der Waals surface area contributed by atoms with Crippen LogP contribution in [0.2, 0.25) is 0 Å². The van der Waals surface area contributed by atoms with Crippen LogP contribution >= 0.6 is 0 Å². The van der Waals surface area contributed by atoms with Crippen molar-refractivity contribution in [2.45, 2.75) is 95.3 Å². The van der Waals surface area contributed by atoms with E-state index >= 15 is 0 Å². The molecule has 0 aromatic heterocycles. The Morgan fingerprint density at radius 1 is 0.638 bits per heavy atom. The highest BCUT2D eigenvalue weighted by Gasteiger charge is 2.40. The Kier molecular flexibility index (Phi) is 12.3. The van der Waals surface area contributed by atoms with Crippen molar-refractivity contribution in [3.63, 3.8) is 0 Å². The van der Waals surface area contributed by atoms with Crippen molar-refractivity contribution in [2.24, 2.45) is 5.92 Å². The van der Waals surface area contributed by atoms with Crippen LogP contribution in [0.4, 0.5) is 47.3 Å². The molecule has 0 bridgehead atoms. The van der Waals surface area contributed by atoms with Gasteiger partial charge in [0.1, 0.15) is 18.8 Å². The maximum atomic E-state index is 13.2. The maximum Gasteiger partial charge on any atom is 0.405 e. The van der Waals surface area contributed by atoms with Crippen LogP contribution in [0.3, 0.4) is 0 Å². The number of urea groups is 2. The molecular formula is C36H42F6N6O8S2. The topological polar surface area (TPSA) is 209 Å². The lowest BCUT2D eigenvalue weighted by molar-refractivity contribution is -0.138. The van der Waals surface area contributed by atoms with E-state index in [0.717, 1.165) is 70.2 Å². The van der Waals surface area contributed by atoms with Crippen LogP contribution < -0.4 is 30.7 Å². The summed E-state index contributed by atoms with van der Waals surface area (Å²) in [5, 5.41) is 8.57. The summed E-state index contributed by atoms with van der Waals surface area (Å²) in [6.45, 7) is -3.28. The normalized spacial score (nSPS) is 18.4. The first-order valence-electron chi connectivity index (χ1n) is 18.7. The number of hydrogen-bond donors (Lipinski definition) is 6. The highest BCUT2D eigenvalue weighted by Crippen LogP contribution is 2.51. The van der Waals surface area contributed by atoms with Gasteiger partial charge in [0.15, 0.2) is 0 Å². The number of benzene rings is 2. The SMILES string of the molecule is O=C(CCCS(=O)(=O)NC(=O)Nc1c2c(cc3c1CC(C1CCc4cc5c(c(NC(=O)NS(=O)(=O)CC(=O)NCC(F)(F)F)c41)CCC5)C3)CCC2)NCC(F)(F)F. The highest BCUT2D eigenvalue weighted by atomic mass is 32.2. The third kappa shape index (κ3) is 10.7. The van der Waals surface area contributed by atoms with Crippen molar-refractivity contribution in [3.8, 4) is 0 Å². The molecule has 2 atom stereocenters. The molecule has 14 nitrogen and oxygen atoms in total. The molecule has 6 rings (SSSR count). The average Bonchev–Trinajstić information content (AvgIpc) is 3.91. The van der Waals surface area contributed by atoms with Gasteiger partial charge in [0.25, 0.3) is 0 Å². The van der Waals surface area contributed by atoms with Crippen LogP contribution in [0, 0.1) is 5.92 Å². The smallest absolute Gasteiger partial charge is 0.347 e. The molecule has 4 aliphatic carbocycles. The van der Waals surface area contributed by atoms with E-state index in [9.17, 15) is 62.4 Å². The molecule has 0 saturated carbocycles. The van der Waals surface area contributed by atoms with E-state index in [4.69, 9.17) is 0 Å². The summed E-state index contributed by atoms with van der Waals surface area (Å²) in [6.07, 6.45) is -3.44. The zero-order valence-electron chi connectivity index (χ0n) is 31.0. The van der Waals surface area contributed by atoms with Gasteiger partial charge in [-0.3, -0.25) is 9.59 Å². The van der Waals surface area contributed by atoms with Gasteiger partial charge in [-0.2, -0.15) is 26.3 Å². The fraction of sp³-hybridized carbons (Fsp3) is 0.556. The molecular weight excluding hydrogens is 823 g/mol. The molecule has 2 aromatic rings. The molecule has 22 heteroatoms. The second-order valence-electron chi connectivity index (χ2n) is 15.1. The van der Waals surface area contributed by atoms with E-state index in [-0.39, 0.29) is 18.3 Å². The Balaban J connectivity index is 1.16. The van der Waals surface area contributed by atoms with Crippen LogP contribution in [-0.2, 0) is 74.6 Å². The third-order valence-electron chi connectivity index (χ3n) is 10.8. The Morgan fingerprint density at radius 3 is 1.81 bits per heavy atom. The predicted molar refractivity (Wildman–Crippen MR) is 198 cm³/mol. The van der Waals surface area contributed by atoms with Crippen molar-refractivity contribution in [2.75, 3.05) is 35.2 Å². The number of nitrogens with one attached hydrogen (secondary N) is 6. The third-order valence-corrected chi connectivity index (χ3v) is 13.3. The van der Waals surface area contributed by atoms with Gasteiger partial charge in [-0.15, -0.1) is 0 Å². The Labute approximate surface area is 330 Å². The van der Waals surface area contributed by atoms with Crippen molar-refractivity contribution in [3.05, 3.63) is 56.6 Å². The number of anilines is 2. The highest BCUT2D eigenvalue weighted by molar-refractivity contribution is 7.90. The van der Waals surface area contributed by atoms with Crippen molar-refractivity contribution >= 4 is 55.3 Å². The van der Waals surface area contributed by atoms with Crippen molar-refractivity contribution in [1.82, 2.24) is 20.1 Å². The van der Waals surface area contributed by atoms with Gasteiger partial charge in [-0.1, -0.05) is 12.1 Å². The summed E-state index contributed by atoms with van der Waals surface area (Å²) in [5.74, 6) is -4.68. The summed E-state index contributed by atoms with van der Waals surface area (Å²) in [6, 6.07) is 2.01. The van der Waals surface area contributed by atoms with Crippen LogP contribution in [0.25, 0.3) is 0 Å². The first-order chi connectivity index (χ1) is 27.1. The molecule has 0 fully saturated rings. The number of alkyl halides is 6. The van der Waals surface area contributed by atoms with Gasteiger partial charge in [-0.25, -0.2) is 35.9 Å². The quantitative estimate of drug-likeness (QED) is 0.161. The fourth-order valence-electron chi connectivity index (χ4n) is 8.62. The molecule has 0 heterocycles. The van der Waals surface area contributed by atoms with E-state index in [0.29, 0.717) is 49.9 Å². The second-order valence-corrected chi connectivity index (χ2v) is 18.7. The van der Waals surface area contributed by atoms with Gasteiger partial charge < -0.3 is 21.3 Å². The first-order valence-corrected chi connectivity index (χ1v) is 22.0.